The molecule has 0 fully saturated rings. The summed E-state index contributed by atoms with van der Waals surface area (Å²) in [5.41, 5.74) is 1.65. The normalized spacial score (nSPS) is 12.3. The van der Waals surface area contributed by atoms with Crippen molar-refractivity contribution in [2.75, 3.05) is 5.75 Å². The Hall–Kier alpha value is -1.16. The van der Waals surface area contributed by atoms with E-state index in [9.17, 15) is 9.00 Å². The first-order valence-corrected chi connectivity index (χ1v) is 6.75. The zero-order valence-corrected chi connectivity index (χ0v) is 10.1. The number of carboxylic acids is 1. The summed E-state index contributed by atoms with van der Waals surface area (Å²) >= 11 is 0. The number of hydrogen-bond donors (Lipinski definition) is 1. The molecule has 0 aliphatic rings. The molecule has 0 saturated carbocycles. The topological polar surface area (TPSA) is 54.4 Å². The number of rotatable bonds is 6. The third kappa shape index (κ3) is 4.14. The van der Waals surface area contributed by atoms with Crippen LogP contribution in [0.25, 0.3) is 0 Å². The van der Waals surface area contributed by atoms with Crippen LogP contribution in [0.1, 0.15) is 24.5 Å². The Balaban J connectivity index is 2.78. The van der Waals surface area contributed by atoms with E-state index in [1.54, 1.807) is 6.07 Å². The molecule has 88 valence electrons. The van der Waals surface area contributed by atoms with E-state index in [4.69, 9.17) is 5.11 Å². The third-order valence-electron chi connectivity index (χ3n) is 2.21. The molecule has 1 rings (SSSR count). The van der Waals surface area contributed by atoms with Crippen molar-refractivity contribution in [3.05, 3.63) is 35.4 Å². The van der Waals surface area contributed by atoms with Gasteiger partial charge >= 0.3 is 5.97 Å². The molecule has 1 aromatic rings. The number of hydrogen-bond acceptors (Lipinski definition) is 2. The lowest BCUT2D eigenvalue weighted by atomic mass is 10.1. The van der Waals surface area contributed by atoms with E-state index in [1.807, 2.05) is 25.1 Å². The molecule has 1 aromatic carbocycles. The Morgan fingerprint density at radius 1 is 1.31 bits per heavy atom. The molecule has 1 unspecified atom stereocenters. The summed E-state index contributed by atoms with van der Waals surface area (Å²) < 4.78 is 11.6. The first-order valence-electron chi connectivity index (χ1n) is 5.27. The summed E-state index contributed by atoms with van der Waals surface area (Å²) in [6.45, 7) is 1.99. The lowest BCUT2D eigenvalue weighted by Gasteiger charge is -2.06. The van der Waals surface area contributed by atoms with E-state index in [0.717, 1.165) is 17.5 Å². The van der Waals surface area contributed by atoms with Gasteiger partial charge in [0.05, 0.1) is 6.42 Å². The fourth-order valence-corrected chi connectivity index (χ4v) is 2.74. The average Bonchev–Trinajstić information content (AvgIpc) is 2.20. The van der Waals surface area contributed by atoms with E-state index in [1.165, 1.54) is 0 Å². The summed E-state index contributed by atoms with van der Waals surface area (Å²) in [4.78, 5) is 10.7. The predicted molar refractivity (Wildman–Crippen MR) is 64.8 cm³/mol. The van der Waals surface area contributed by atoms with Gasteiger partial charge in [-0.05, 0) is 17.5 Å². The van der Waals surface area contributed by atoms with Crippen LogP contribution < -0.4 is 0 Å². The Bertz CT molecular complexity index is 388. The first kappa shape index (κ1) is 12.9. The van der Waals surface area contributed by atoms with Crippen LogP contribution in [-0.4, -0.2) is 21.0 Å². The molecule has 0 radical (unpaired) electrons. The lowest BCUT2D eigenvalue weighted by Crippen LogP contribution is -2.06. The minimum absolute atomic E-state index is 0.000498. The zero-order valence-electron chi connectivity index (χ0n) is 9.31. The van der Waals surface area contributed by atoms with Crippen molar-refractivity contribution < 1.29 is 14.1 Å². The van der Waals surface area contributed by atoms with Gasteiger partial charge in [-0.2, -0.15) is 0 Å². The van der Waals surface area contributed by atoms with Crippen LogP contribution in [0.2, 0.25) is 0 Å². The molecule has 0 bridgehead atoms. The van der Waals surface area contributed by atoms with Gasteiger partial charge in [0.1, 0.15) is 0 Å². The molecule has 0 aromatic heterocycles. The molecule has 0 aliphatic carbocycles. The summed E-state index contributed by atoms with van der Waals surface area (Å²) in [6, 6.07) is 7.30. The van der Waals surface area contributed by atoms with Crippen LogP contribution in [0.4, 0.5) is 0 Å². The van der Waals surface area contributed by atoms with E-state index in [-0.39, 0.29) is 6.42 Å². The molecule has 0 amide bonds. The van der Waals surface area contributed by atoms with Gasteiger partial charge in [-0.3, -0.25) is 9.00 Å². The fourth-order valence-electron chi connectivity index (χ4n) is 1.51. The molecule has 16 heavy (non-hydrogen) atoms. The summed E-state index contributed by atoms with van der Waals surface area (Å²) in [7, 11) is -0.889. The monoisotopic (exact) mass is 240 g/mol. The van der Waals surface area contributed by atoms with E-state index >= 15 is 0 Å². The first-order chi connectivity index (χ1) is 7.63. The highest BCUT2D eigenvalue weighted by molar-refractivity contribution is 7.84. The molecule has 0 saturated heterocycles. The lowest BCUT2D eigenvalue weighted by molar-refractivity contribution is -0.136. The fraction of sp³-hybridized carbons (Fsp3) is 0.417. The largest absolute Gasteiger partial charge is 0.481 e. The van der Waals surface area contributed by atoms with Gasteiger partial charge in [0.25, 0.3) is 0 Å². The van der Waals surface area contributed by atoms with Crippen molar-refractivity contribution in [3.63, 3.8) is 0 Å². The minimum atomic E-state index is -0.889. The predicted octanol–water partition coefficient (Wildman–Crippen LogP) is 1.97. The van der Waals surface area contributed by atoms with Crippen LogP contribution in [0, 0.1) is 0 Å². The molecule has 1 N–H and O–H groups in total. The zero-order chi connectivity index (χ0) is 12.0. The number of carbonyl (C=O) groups is 1. The van der Waals surface area contributed by atoms with Crippen molar-refractivity contribution in [2.24, 2.45) is 0 Å². The van der Waals surface area contributed by atoms with Gasteiger partial charge in [0.15, 0.2) is 0 Å². The number of aliphatic carboxylic acids is 1. The van der Waals surface area contributed by atoms with Gasteiger partial charge in [-0.1, -0.05) is 31.2 Å². The molecule has 0 aliphatic heterocycles. The minimum Gasteiger partial charge on any atom is -0.481 e. The molecular weight excluding hydrogens is 224 g/mol. The Morgan fingerprint density at radius 2 is 1.94 bits per heavy atom. The standard InChI is InChI=1S/C12H16O3S/c1-2-7-16(15)9-11-6-4-3-5-10(11)8-12(13)14/h3-6H,2,7-9H2,1H3,(H,13,14). The number of carboxylic acid groups (broad SMARTS) is 1. The van der Waals surface area contributed by atoms with Crippen LogP contribution in [0.15, 0.2) is 24.3 Å². The van der Waals surface area contributed by atoms with Crippen molar-refractivity contribution >= 4 is 16.8 Å². The molecule has 0 spiro atoms. The Labute approximate surface area is 98.0 Å². The van der Waals surface area contributed by atoms with E-state index in [0.29, 0.717) is 11.5 Å². The second kappa shape index (κ2) is 6.43. The van der Waals surface area contributed by atoms with Crippen LogP contribution in [0.5, 0.6) is 0 Å². The molecule has 1 atom stereocenters. The SMILES string of the molecule is CCCS(=O)Cc1ccccc1CC(=O)O. The Morgan fingerprint density at radius 3 is 2.50 bits per heavy atom. The second-order valence-corrected chi connectivity index (χ2v) is 5.20. The maximum atomic E-state index is 11.6. The van der Waals surface area contributed by atoms with Gasteiger partial charge < -0.3 is 5.11 Å². The van der Waals surface area contributed by atoms with Gasteiger partial charge in [-0.25, -0.2) is 0 Å². The van der Waals surface area contributed by atoms with E-state index < -0.39 is 16.8 Å². The van der Waals surface area contributed by atoms with Crippen molar-refractivity contribution in [1.29, 1.82) is 0 Å². The second-order valence-electron chi connectivity index (χ2n) is 3.63. The smallest absolute Gasteiger partial charge is 0.307 e. The maximum Gasteiger partial charge on any atom is 0.307 e. The number of benzene rings is 1. The molecular formula is C12H16O3S. The van der Waals surface area contributed by atoms with Crippen molar-refractivity contribution in [3.8, 4) is 0 Å². The summed E-state index contributed by atoms with van der Waals surface area (Å²) in [5.74, 6) is 0.271. The van der Waals surface area contributed by atoms with Crippen LogP contribution in [-0.2, 0) is 27.8 Å². The molecule has 0 heterocycles. The molecule has 3 nitrogen and oxygen atoms in total. The van der Waals surface area contributed by atoms with Gasteiger partial charge in [0, 0.05) is 22.3 Å². The molecule has 4 heteroatoms. The highest BCUT2D eigenvalue weighted by Gasteiger charge is 2.08. The van der Waals surface area contributed by atoms with Gasteiger partial charge in [-0.15, -0.1) is 0 Å². The van der Waals surface area contributed by atoms with Crippen molar-refractivity contribution in [2.45, 2.75) is 25.5 Å². The van der Waals surface area contributed by atoms with Crippen molar-refractivity contribution in [1.82, 2.24) is 0 Å². The highest BCUT2D eigenvalue weighted by Crippen LogP contribution is 2.12. The van der Waals surface area contributed by atoms with Crippen LogP contribution >= 0.6 is 0 Å². The maximum absolute atomic E-state index is 11.6. The highest BCUT2D eigenvalue weighted by atomic mass is 32.2. The Kier molecular flexibility index (Phi) is 5.19. The summed E-state index contributed by atoms with van der Waals surface area (Å²) in [5, 5.41) is 8.75. The quantitative estimate of drug-likeness (QED) is 0.827. The van der Waals surface area contributed by atoms with Crippen LogP contribution in [0.3, 0.4) is 0 Å². The third-order valence-corrected chi connectivity index (χ3v) is 3.70. The average molecular weight is 240 g/mol. The summed E-state index contributed by atoms with van der Waals surface area (Å²) in [6.07, 6.45) is 0.882. The van der Waals surface area contributed by atoms with E-state index in [2.05, 4.69) is 0 Å². The van der Waals surface area contributed by atoms with Gasteiger partial charge in [0.2, 0.25) is 0 Å².